The van der Waals surface area contributed by atoms with Gasteiger partial charge in [0, 0.05) is 19.3 Å². The highest BCUT2D eigenvalue weighted by molar-refractivity contribution is 7.90. The van der Waals surface area contributed by atoms with E-state index in [9.17, 15) is 8.42 Å². The second kappa shape index (κ2) is 6.72. The predicted octanol–water partition coefficient (Wildman–Crippen LogP) is 2.55. The van der Waals surface area contributed by atoms with Gasteiger partial charge in [-0.3, -0.25) is 0 Å². The van der Waals surface area contributed by atoms with Crippen LogP contribution < -0.4 is 0 Å². The van der Waals surface area contributed by atoms with Gasteiger partial charge < -0.3 is 4.90 Å². The van der Waals surface area contributed by atoms with Crippen LogP contribution in [0.5, 0.6) is 0 Å². The van der Waals surface area contributed by atoms with Crippen LogP contribution in [0.2, 0.25) is 0 Å². The zero-order chi connectivity index (χ0) is 14.6. The van der Waals surface area contributed by atoms with Crippen LogP contribution in [0.4, 0.5) is 0 Å². The first-order valence-corrected chi connectivity index (χ1v) is 9.50. The topological polar surface area (TPSA) is 37.4 Å². The lowest BCUT2D eigenvalue weighted by Crippen LogP contribution is -2.41. The van der Waals surface area contributed by atoms with Crippen LogP contribution in [0.15, 0.2) is 30.3 Å². The van der Waals surface area contributed by atoms with E-state index in [4.69, 9.17) is 0 Å². The van der Waals surface area contributed by atoms with Crippen LogP contribution in [0.1, 0.15) is 31.2 Å². The van der Waals surface area contributed by atoms with Gasteiger partial charge in [0.05, 0.1) is 5.75 Å². The van der Waals surface area contributed by atoms with Gasteiger partial charge in [-0.05, 0) is 30.4 Å². The number of hydrogen-bond donors (Lipinski definition) is 0. The maximum atomic E-state index is 11.3. The molecule has 0 amide bonds. The van der Waals surface area contributed by atoms with E-state index in [0.29, 0.717) is 18.4 Å². The molecule has 3 nitrogen and oxygen atoms in total. The SMILES string of the molecule is CCC1CN(CCS(C)(=O)=O)CCC1c1ccccc1. The molecule has 1 aliphatic heterocycles. The molecule has 0 bridgehead atoms. The van der Waals surface area contributed by atoms with Crippen LogP contribution in [0.3, 0.4) is 0 Å². The fourth-order valence-electron chi connectivity index (χ4n) is 3.16. The van der Waals surface area contributed by atoms with Gasteiger partial charge in [-0.25, -0.2) is 8.42 Å². The third kappa shape index (κ3) is 4.32. The minimum atomic E-state index is -2.86. The molecule has 2 unspecified atom stereocenters. The largest absolute Gasteiger partial charge is 0.302 e. The van der Waals surface area contributed by atoms with E-state index >= 15 is 0 Å². The summed E-state index contributed by atoms with van der Waals surface area (Å²) in [5, 5.41) is 0. The normalized spacial score (nSPS) is 24.7. The van der Waals surface area contributed by atoms with Crippen molar-refractivity contribution < 1.29 is 8.42 Å². The molecule has 2 rings (SSSR count). The molecule has 2 atom stereocenters. The molecule has 20 heavy (non-hydrogen) atoms. The Hall–Kier alpha value is -0.870. The summed E-state index contributed by atoms with van der Waals surface area (Å²) in [4.78, 5) is 2.31. The number of likely N-dealkylation sites (tertiary alicyclic amines) is 1. The number of piperidine rings is 1. The van der Waals surface area contributed by atoms with Gasteiger partial charge in [0.15, 0.2) is 0 Å². The van der Waals surface area contributed by atoms with Crippen molar-refractivity contribution in [3.8, 4) is 0 Å². The Kier molecular flexibility index (Phi) is 5.22. The molecule has 112 valence electrons. The lowest BCUT2D eigenvalue weighted by atomic mass is 9.79. The Morgan fingerprint density at radius 1 is 1.25 bits per heavy atom. The maximum Gasteiger partial charge on any atom is 0.148 e. The molecular weight excluding hydrogens is 270 g/mol. The predicted molar refractivity (Wildman–Crippen MR) is 83.7 cm³/mol. The fourth-order valence-corrected chi connectivity index (χ4v) is 3.75. The van der Waals surface area contributed by atoms with Crippen LogP contribution in [0.25, 0.3) is 0 Å². The molecular formula is C16H25NO2S. The van der Waals surface area contributed by atoms with Crippen molar-refractivity contribution in [1.82, 2.24) is 4.90 Å². The Balaban J connectivity index is 1.98. The number of hydrogen-bond acceptors (Lipinski definition) is 3. The Morgan fingerprint density at radius 2 is 1.95 bits per heavy atom. The van der Waals surface area contributed by atoms with E-state index in [2.05, 4.69) is 42.2 Å². The third-order valence-electron chi connectivity index (χ3n) is 4.35. The minimum absolute atomic E-state index is 0.277. The highest BCUT2D eigenvalue weighted by atomic mass is 32.2. The van der Waals surface area contributed by atoms with Crippen molar-refractivity contribution in [2.45, 2.75) is 25.7 Å². The standard InChI is InChI=1S/C16H25NO2S/c1-3-14-13-17(11-12-20(2,18)19)10-9-16(14)15-7-5-4-6-8-15/h4-8,14,16H,3,9-13H2,1-2H3. The van der Waals surface area contributed by atoms with Crippen LogP contribution in [-0.4, -0.2) is 45.0 Å². The van der Waals surface area contributed by atoms with Gasteiger partial charge in [-0.2, -0.15) is 0 Å². The van der Waals surface area contributed by atoms with Crippen molar-refractivity contribution in [3.63, 3.8) is 0 Å². The molecule has 1 heterocycles. The lowest BCUT2D eigenvalue weighted by molar-refractivity contribution is 0.157. The molecule has 0 radical (unpaired) electrons. The molecule has 1 aromatic carbocycles. The van der Waals surface area contributed by atoms with Gasteiger partial charge in [-0.15, -0.1) is 0 Å². The molecule has 1 aromatic rings. The molecule has 1 fully saturated rings. The van der Waals surface area contributed by atoms with Gasteiger partial charge in [0.2, 0.25) is 0 Å². The molecule has 0 spiro atoms. The van der Waals surface area contributed by atoms with Gasteiger partial charge in [0.1, 0.15) is 9.84 Å². The Bertz CT molecular complexity index is 513. The smallest absolute Gasteiger partial charge is 0.148 e. The molecule has 0 N–H and O–H groups in total. The summed E-state index contributed by atoms with van der Waals surface area (Å²) in [6.45, 7) is 4.94. The first-order chi connectivity index (χ1) is 9.49. The van der Waals surface area contributed by atoms with E-state index in [0.717, 1.165) is 25.9 Å². The maximum absolute atomic E-state index is 11.3. The zero-order valence-electron chi connectivity index (χ0n) is 12.5. The highest BCUT2D eigenvalue weighted by Gasteiger charge is 2.29. The summed E-state index contributed by atoms with van der Waals surface area (Å²) < 4.78 is 22.6. The van der Waals surface area contributed by atoms with Crippen LogP contribution >= 0.6 is 0 Å². The van der Waals surface area contributed by atoms with Crippen molar-refractivity contribution in [2.75, 3.05) is 31.6 Å². The van der Waals surface area contributed by atoms with Crippen molar-refractivity contribution in [3.05, 3.63) is 35.9 Å². The third-order valence-corrected chi connectivity index (χ3v) is 5.27. The summed E-state index contributed by atoms with van der Waals surface area (Å²) in [6.07, 6.45) is 3.60. The molecule has 1 aliphatic rings. The number of rotatable bonds is 5. The molecule has 1 saturated heterocycles. The van der Waals surface area contributed by atoms with Crippen molar-refractivity contribution >= 4 is 9.84 Å². The molecule has 4 heteroatoms. The average Bonchev–Trinajstić information content (AvgIpc) is 2.45. The summed E-state index contributed by atoms with van der Waals surface area (Å²) in [5.41, 5.74) is 1.43. The van der Waals surface area contributed by atoms with Crippen molar-refractivity contribution in [2.24, 2.45) is 5.92 Å². The minimum Gasteiger partial charge on any atom is -0.302 e. The molecule has 0 aromatic heterocycles. The van der Waals surface area contributed by atoms with Gasteiger partial charge in [0.25, 0.3) is 0 Å². The zero-order valence-corrected chi connectivity index (χ0v) is 13.3. The highest BCUT2D eigenvalue weighted by Crippen LogP contribution is 2.34. The quantitative estimate of drug-likeness (QED) is 0.838. The fraction of sp³-hybridized carbons (Fsp3) is 0.625. The summed E-state index contributed by atoms with van der Waals surface area (Å²) in [6, 6.07) is 10.7. The monoisotopic (exact) mass is 295 g/mol. The molecule has 0 saturated carbocycles. The summed E-state index contributed by atoms with van der Waals surface area (Å²) in [7, 11) is -2.86. The van der Waals surface area contributed by atoms with E-state index < -0.39 is 9.84 Å². The first-order valence-electron chi connectivity index (χ1n) is 7.44. The number of benzene rings is 1. The lowest BCUT2D eigenvalue weighted by Gasteiger charge is -2.38. The molecule has 0 aliphatic carbocycles. The summed E-state index contributed by atoms with van der Waals surface area (Å²) >= 11 is 0. The van der Waals surface area contributed by atoms with E-state index in [-0.39, 0.29) is 5.75 Å². The average molecular weight is 295 g/mol. The second-order valence-corrected chi connectivity index (χ2v) is 8.16. The van der Waals surface area contributed by atoms with Crippen molar-refractivity contribution in [1.29, 1.82) is 0 Å². The van der Waals surface area contributed by atoms with E-state index in [1.54, 1.807) is 0 Å². The van der Waals surface area contributed by atoms with E-state index in [1.807, 2.05) is 0 Å². The van der Waals surface area contributed by atoms with E-state index in [1.165, 1.54) is 11.8 Å². The van der Waals surface area contributed by atoms with Gasteiger partial charge >= 0.3 is 0 Å². The number of nitrogens with zero attached hydrogens (tertiary/aromatic N) is 1. The Labute approximate surface area is 122 Å². The Morgan fingerprint density at radius 3 is 2.55 bits per heavy atom. The summed E-state index contributed by atoms with van der Waals surface area (Å²) in [5.74, 6) is 1.53. The number of sulfone groups is 1. The first kappa shape index (κ1) is 15.5. The van der Waals surface area contributed by atoms with Crippen LogP contribution in [-0.2, 0) is 9.84 Å². The van der Waals surface area contributed by atoms with Crippen LogP contribution in [0, 0.1) is 5.92 Å². The van der Waals surface area contributed by atoms with Gasteiger partial charge in [-0.1, -0.05) is 43.7 Å². The second-order valence-electron chi connectivity index (χ2n) is 5.90.